The Morgan fingerprint density at radius 3 is 2.60 bits per heavy atom. The van der Waals surface area contributed by atoms with Crippen LogP contribution in [0.3, 0.4) is 0 Å². The molecule has 0 fully saturated rings. The number of benzene rings is 2. The molecule has 2 N–H and O–H groups in total. The number of hydrogen-bond donors (Lipinski definition) is 2. The van der Waals surface area contributed by atoms with Crippen LogP contribution >= 0.6 is 15.9 Å². The molecule has 130 valence electrons. The van der Waals surface area contributed by atoms with E-state index in [0.717, 1.165) is 22.2 Å². The van der Waals surface area contributed by atoms with Gasteiger partial charge in [-0.15, -0.1) is 0 Å². The monoisotopic (exact) mass is 410 g/mol. The Labute approximate surface area is 150 Å². The van der Waals surface area contributed by atoms with Gasteiger partial charge >= 0.3 is 6.18 Å². The van der Waals surface area contributed by atoms with Gasteiger partial charge in [-0.1, -0.05) is 40.2 Å². The summed E-state index contributed by atoms with van der Waals surface area (Å²) in [6.45, 7) is 0. The van der Waals surface area contributed by atoms with E-state index in [1.165, 1.54) is 12.3 Å². The first-order chi connectivity index (χ1) is 11.8. The molecule has 0 radical (unpaired) electrons. The summed E-state index contributed by atoms with van der Waals surface area (Å²) in [5, 5.41) is 10.3. The summed E-state index contributed by atoms with van der Waals surface area (Å²) < 4.78 is 39.4. The van der Waals surface area contributed by atoms with Gasteiger partial charge in [-0.2, -0.15) is 13.2 Å². The van der Waals surface area contributed by atoms with Crippen molar-refractivity contribution in [2.45, 2.75) is 18.7 Å². The zero-order valence-corrected chi connectivity index (χ0v) is 14.5. The summed E-state index contributed by atoms with van der Waals surface area (Å²) >= 11 is 3.37. The molecule has 0 saturated carbocycles. The number of aliphatic hydroxyl groups is 1. The molecular formula is C18H14BrF3N2O. The van der Waals surface area contributed by atoms with Crippen LogP contribution in [0.2, 0.25) is 0 Å². The van der Waals surface area contributed by atoms with Gasteiger partial charge in [0.15, 0.2) is 0 Å². The van der Waals surface area contributed by atoms with Crippen molar-refractivity contribution in [3.8, 4) is 11.3 Å². The molecule has 3 nitrogen and oxygen atoms in total. The molecule has 1 aromatic heterocycles. The molecule has 0 aliphatic heterocycles. The number of hydrogen-bond acceptors (Lipinski definition) is 2. The van der Waals surface area contributed by atoms with Crippen molar-refractivity contribution in [3.63, 3.8) is 0 Å². The zero-order chi connectivity index (χ0) is 18.0. The van der Waals surface area contributed by atoms with Gasteiger partial charge in [0.2, 0.25) is 0 Å². The van der Waals surface area contributed by atoms with Crippen molar-refractivity contribution in [1.82, 2.24) is 9.97 Å². The number of nitrogens with one attached hydrogen (secondary N) is 1. The smallest absolute Gasteiger partial charge is 0.385 e. The summed E-state index contributed by atoms with van der Waals surface area (Å²) in [7, 11) is 0. The van der Waals surface area contributed by atoms with Crippen LogP contribution in [0.25, 0.3) is 11.3 Å². The maximum atomic E-state index is 12.8. The Morgan fingerprint density at radius 1 is 1.12 bits per heavy atom. The maximum Gasteiger partial charge on any atom is 0.416 e. The zero-order valence-electron chi connectivity index (χ0n) is 12.9. The van der Waals surface area contributed by atoms with Gasteiger partial charge < -0.3 is 10.1 Å². The predicted molar refractivity (Wildman–Crippen MR) is 91.8 cm³/mol. The second-order valence-corrected chi connectivity index (χ2v) is 6.53. The summed E-state index contributed by atoms with van der Waals surface area (Å²) in [6, 6.07) is 12.5. The van der Waals surface area contributed by atoms with Crippen molar-refractivity contribution in [2.75, 3.05) is 0 Å². The molecule has 1 unspecified atom stereocenters. The molecule has 0 saturated heterocycles. The van der Waals surface area contributed by atoms with Crippen LogP contribution in [0.5, 0.6) is 0 Å². The highest BCUT2D eigenvalue weighted by atomic mass is 79.9. The van der Waals surface area contributed by atoms with E-state index in [1.807, 2.05) is 24.3 Å². The predicted octanol–water partition coefficient (Wildman–Crippen LogP) is 5.13. The molecular weight excluding hydrogens is 397 g/mol. The minimum Gasteiger partial charge on any atom is -0.385 e. The minimum absolute atomic E-state index is 0.312. The van der Waals surface area contributed by atoms with Crippen LogP contribution < -0.4 is 0 Å². The molecule has 0 bridgehead atoms. The lowest BCUT2D eigenvalue weighted by atomic mass is 10.1. The molecule has 1 heterocycles. The highest BCUT2D eigenvalue weighted by molar-refractivity contribution is 9.10. The first kappa shape index (κ1) is 17.7. The molecule has 0 aliphatic carbocycles. The third-order valence-electron chi connectivity index (χ3n) is 3.73. The van der Waals surface area contributed by atoms with Gasteiger partial charge in [0.1, 0.15) is 11.9 Å². The Balaban J connectivity index is 1.80. The van der Waals surface area contributed by atoms with Crippen LogP contribution in [-0.2, 0) is 12.6 Å². The lowest BCUT2D eigenvalue weighted by Gasteiger charge is -2.09. The third kappa shape index (κ3) is 4.29. The van der Waals surface area contributed by atoms with E-state index in [1.54, 1.807) is 6.07 Å². The number of H-pyrrole nitrogens is 1. The fourth-order valence-corrected chi connectivity index (χ4v) is 2.95. The molecule has 0 amide bonds. The highest BCUT2D eigenvalue weighted by Crippen LogP contribution is 2.32. The summed E-state index contributed by atoms with van der Waals surface area (Å²) in [5.74, 6) is 0.312. The number of halogens is 4. The Bertz CT molecular complexity index is 877. The molecule has 3 aromatic rings. The van der Waals surface area contributed by atoms with Crippen molar-refractivity contribution >= 4 is 15.9 Å². The van der Waals surface area contributed by atoms with E-state index in [4.69, 9.17) is 0 Å². The quantitative estimate of drug-likeness (QED) is 0.625. The molecule has 7 heteroatoms. The van der Waals surface area contributed by atoms with E-state index >= 15 is 0 Å². The summed E-state index contributed by atoms with van der Waals surface area (Å²) in [4.78, 5) is 7.01. The van der Waals surface area contributed by atoms with Crippen LogP contribution in [0.1, 0.15) is 23.1 Å². The number of nitrogens with zero attached hydrogens (tertiary/aromatic N) is 1. The minimum atomic E-state index is -4.40. The van der Waals surface area contributed by atoms with Crippen LogP contribution in [-0.4, -0.2) is 15.1 Å². The number of aliphatic hydroxyl groups excluding tert-OH is 1. The van der Waals surface area contributed by atoms with Crippen LogP contribution in [0.15, 0.2) is 59.2 Å². The van der Waals surface area contributed by atoms with E-state index in [9.17, 15) is 18.3 Å². The lowest BCUT2D eigenvalue weighted by molar-refractivity contribution is -0.137. The Morgan fingerprint density at radius 2 is 1.88 bits per heavy atom. The van der Waals surface area contributed by atoms with Crippen molar-refractivity contribution in [2.24, 2.45) is 0 Å². The van der Waals surface area contributed by atoms with Gasteiger partial charge in [0.05, 0.1) is 17.5 Å². The number of aromatic amines is 1. The van der Waals surface area contributed by atoms with Gasteiger partial charge in [-0.05, 0) is 29.8 Å². The Kier molecular flexibility index (Phi) is 4.96. The summed E-state index contributed by atoms with van der Waals surface area (Å²) in [6.07, 6.45) is -3.52. The number of rotatable bonds is 4. The van der Waals surface area contributed by atoms with Gasteiger partial charge in [-0.25, -0.2) is 4.98 Å². The average Bonchev–Trinajstić information content (AvgIpc) is 3.04. The second kappa shape index (κ2) is 7.01. The number of aromatic nitrogens is 2. The van der Waals surface area contributed by atoms with Gasteiger partial charge in [-0.3, -0.25) is 0 Å². The van der Waals surface area contributed by atoms with Gasteiger partial charge in [0, 0.05) is 16.5 Å². The fourth-order valence-electron chi connectivity index (χ4n) is 2.50. The average molecular weight is 411 g/mol. The SMILES string of the molecule is OC(Cc1cccc(Br)c1)c1ncc(-c2cccc(C(F)(F)F)c2)[nH]1. The second-order valence-electron chi connectivity index (χ2n) is 5.61. The normalized spacial score (nSPS) is 13.0. The van der Waals surface area contributed by atoms with E-state index in [-0.39, 0.29) is 0 Å². The first-order valence-electron chi connectivity index (χ1n) is 7.48. The molecule has 0 aliphatic rings. The van der Waals surface area contributed by atoms with E-state index < -0.39 is 17.8 Å². The molecule has 25 heavy (non-hydrogen) atoms. The molecule has 1 atom stereocenters. The summed E-state index contributed by atoms with van der Waals surface area (Å²) in [5.41, 5.74) is 0.979. The maximum absolute atomic E-state index is 12.8. The lowest BCUT2D eigenvalue weighted by Crippen LogP contribution is -2.05. The third-order valence-corrected chi connectivity index (χ3v) is 4.22. The number of imidazole rings is 1. The number of alkyl halides is 3. The van der Waals surface area contributed by atoms with E-state index in [0.29, 0.717) is 23.5 Å². The highest BCUT2D eigenvalue weighted by Gasteiger charge is 2.30. The van der Waals surface area contributed by atoms with E-state index in [2.05, 4.69) is 25.9 Å². The fraction of sp³-hybridized carbons (Fsp3) is 0.167. The Hall–Kier alpha value is -2.12. The molecule has 0 spiro atoms. The van der Waals surface area contributed by atoms with Crippen molar-refractivity contribution in [3.05, 3.63) is 76.2 Å². The standard InChI is InChI=1S/C18H14BrF3N2O/c19-14-6-1-3-11(7-14)8-16(25)17-23-10-15(24-17)12-4-2-5-13(9-12)18(20,21)22/h1-7,9-10,16,25H,8H2,(H,23,24). The van der Waals surface area contributed by atoms with Crippen LogP contribution in [0, 0.1) is 0 Å². The van der Waals surface area contributed by atoms with Crippen LogP contribution in [0.4, 0.5) is 13.2 Å². The first-order valence-corrected chi connectivity index (χ1v) is 8.27. The molecule has 3 rings (SSSR count). The van der Waals surface area contributed by atoms with Crippen molar-refractivity contribution in [1.29, 1.82) is 0 Å². The topological polar surface area (TPSA) is 48.9 Å². The van der Waals surface area contributed by atoms with Crippen molar-refractivity contribution < 1.29 is 18.3 Å². The largest absolute Gasteiger partial charge is 0.416 e. The van der Waals surface area contributed by atoms with Gasteiger partial charge in [0.25, 0.3) is 0 Å². The molecule has 2 aromatic carbocycles.